The Balaban J connectivity index is 1.38. The molecule has 0 saturated heterocycles. The highest BCUT2D eigenvalue weighted by Crippen LogP contribution is 2.35. The van der Waals surface area contributed by atoms with Crippen LogP contribution in [0.2, 0.25) is 0 Å². The number of rotatable bonds is 8. The molecule has 2 N–H and O–H groups in total. The lowest BCUT2D eigenvalue weighted by molar-refractivity contribution is -0.122. The smallest absolute Gasteiger partial charge is 0.241 e. The number of likely N-dealkylation sites (N-methyl/N-ethyl adjacent to an activating group) is 1. The Morgan fingerprint density at radius 1 is 1.03 bits per heavy atom. The van der Waals surface area contributed by atoms with Gasteiger partial charge >= 0.3 is 0 Å². The third-order valence-corrected chi connectivity index (χ3v) is 5.07. The van der Waals surface area contributed by atoms with E-state index in [1.54, 1.807) is 7.05 Å². The second-order valence-electron chi connectivity index (χ2n) is 7.30. The highest BCUT2D eigenvalue weighted by molar-refractivity contribution is 5.82. The third kappa shape index (κ3) is 5.35. The van der Waals surface area contributed by atoms with Gasteiger partial charge in [0.2, 0.25) is 5.91 Å². The summed E-state index contributed by atoms with van der Waals surface area (Å²) in [7, 11) is 1.63. The van der Waals surface area contributed by atoms with Crippen LogP contribution in [0, 0.1) is 0 Å². The van der Waals surface area contributed by atoms with Crippen LogP contribution in [0.25, 0.3) is 0 Å². The maximum atomic E-state index is 12.4. The third-order valence-electron chi connectivity index (χ3n) is 5.07. The topological polar surface area (TPSA) is 68.8 Å². The summed E-state index contributed by atoms with van der Waals surface area (Å²) in [5.74, 6) is 1.95. The minimum absolute atomic E-state index is 0.0973. The molecule has 6 nitrogen and oxygen atoms in total. The van der Waals surface area contributed by atoms with Crippen LogP contribution < -0.4 is 24.8 Å². The molecule has 4 rings (SSSR count). The van der Waals surface area contributed by atoms with Crippen molar-refractivity contribution in [3.8, 4) is 17.2 Å². The van der Waals surface area contributed by atoms with Crippen molar-refractivity contribution in [2.75, 3.05) is 20.2 Å². The molecule has 0 aliphatic carbocycles. The summed E-state index contributed by atoms with van der Waals surface area (Å²) >= 11 is 0. The average Bonchev–Trinajstić information content (AvgIpc) is 2.83. The van der Waals surface area contributed by atoms with E-state index in [1.807, 2.05) is 78.9 Å². The molecule has 31 heavy (non-hydrogen) atoms. The SMILES string of the molecule is CNC(=O)C(NCC1COc2ccc(OCc3ccccc3)cc2O1)c1ccccc1. The van der Waals surface area contributed by atoms with Crippen molar-refractivity contribution >= 4 is 5.91 Å². The van der Waals surface area contributed by atoms with Gasteiger partial charge in [-0.15, -0.1) is 0 Å². The zero-order chi connectivity index (χ0) is 21.5. The summed E-state index contributed by atoms with van der Waals surface area (Å²) in [6.07, 6.45) is -0.229. The van der Waals surface area contributed by atoms with Gasteiger partial charge in [-0.1, -0.05) is 60.7 Å². The molecule has 1 amide bonds. The molecule has 0 spiro atoms. The maximum absolute atomic E-state index is 12.4. The van der Waals surface area contributed by atoms with E-state index in [1.165, 1.54) is 0 Å². The van der Waals surface area contributed by atoms with E-state index < -0.39 is 6.04 Å². The van der Waals surface area contributed by atoms with E-state index in [2.05, 4.69) is 10.6 Å². The summed E-state index contributed by atoms with van der Waals surface area (Å²) in [6, 6.07) is 24.7. The van der Waals surface area contributed by atoms with E-state index in [0.29, 0.717) is 37.0 Å². The minimum atomic E-state index is -0.461. The highest BCUT2D eigenvalue weighted by Gasteiger charge is 2.25. The average molecular weight is 418 g/mol. The number of carbonyl (C=O) groups excluding carboxylic acids is 1. The quantitative estimate of drug-likeness (QED) is 0.586. The lowest BCUT2D eigenvalue weighted by Gasteiger charge is -2.28. The van der Waals surface area contributed by atoms with E-state index >= 15 is 0 Å². The van der Waals surface area contributed by atoms with Crippen molar-refractivity contribution in [2.24, 2.45) is 0 Å². The predicted octanol–water partition coefficient (Wildman–Crippen LogP) is 3.48. The molecular formula is C25H26N2O4. The Kier molecular flexibility index (Phi) is 6.69. The molecule has 0 fully saturated rings. The normalized spacial score (nSPS) is 15.7. The summed E-state index contributed by atoms with van der Waals surface area (Å²) < 4.78 is 17.9. The first-order valence-corrected chi connectivity index (χ1v) is 10.3. The molecule has 3 aromatic carbocycles. The summed E-state index contributed by atoms with van der Waals surface area (Å²) in [6.45, 7) is 1.34. The van der Waals surface area contributed by atoms with Crippen molar-refractivity contribution in [1.82, 2.24) is 10.6 Å². The molecule has 1 aliphatic rings. The van der Waals surface area contributed by atoms with Crippen LogP contribution in [0.1, 0.15) is 17.2 Å². The Labute approximate surface area is 182 Å². The molecule has 0 bridgehead atoms. The van der Waals surface area contributed by atoms with Crippen molar-refractivity contribution < 1.29 is 19.0 Å². The van der Waals surface area contributed by atoms with Crippen LogP contribution in [0.5, 0.6) is 17.2 Å². The number of benzene rings is 3. The summed E-state index contributed by atoms with van der Waals surface area (Å²) in [5, 5.41) is 6.01. The largest absolute Gasteiger partial charge is 0.489 e. The Hall–Kier alpha value is -3.51. The summed E-state index contributed by atoms with van der Waals surface area (Å²) in [4.78, 5) is 12.4. The fourth-order valence-electron chi connectivity index (χ4n) is 3.43. The maximum Gasteiger partial charge on any atom is 0.241 e. The zero-order valence-electron chi connectivity index (χ0n) is 17.4. The molecule has 0 radical (unpaired) electrons. The van der Waals surface area contributed by atoms with Crippen molar-refractivity contribution in [3.63, 3.8) is 0 Å². The Bertz CT molecular complexity index is 995. The number of nitrogens with one attached hydrogen (secondary N) is 2. The molecule has 2 atom stereocenters. The Morgan fingerprint density at radius 2 is 1.77 bits per heavy atom. The van der Waals surface area contributed by atoms with Crippen LogP contribution in [0.3, 0.4) is 0 Å². The van der Waals surface area contributed by atoms with Crippen LogP contribution >= 0.6 is 0 Å². The van der Waals surface area contributed by atoms with Gasteiger partial charge in [-0.3, -0.25) is 10.1 Å². The molecule has 160 valence electrons. The zero-order valence-corrected chi connectivity index (χ0v) is 17.4. The second-order valence-corrected chi connectivity index (χ2v) is 7.30. The molecule has 3 aromatic rings. The van der Waals surface area contributed by atoms with E-state index in [9.17, 15) is 4.79 Å². The molecular weight excluding hydrogens is 392 g/mol. The van der Waals surface area contributed by atoms with Gasteiger partial charge in [-0.2, -0.15) is 0 Å². The molecule has 1 heterocycles. The van der Waals surface area contributed by atoms with Crippen molar-refractivity contribution in [2.45, 2.75) is 18.8 Å². The number of fused-ring (bicyclic) bond motifs is 1. The molecule has 0 aromatic heterocycles. The monoisotopic (exact) mass is 418 g/mol. The summed E-state index contributed by atoms with van der Waals surface area (Å²) in [5.41, 5.74) is 2.00. The predicted molar refractivity (Wildman–Crippen MR) is 118 cm³/mol. The number of amides is 1. The van der Waals surface area contributed by atoms with Gasteiger partial charge in [-0.05, 0) is 23.3 Å². The first-order valence-electron chi connectivity index (χ1n) is 10.3. The number of ether oxygens (including phenoxy) is 3. The Morgan fingerprint density at radius 3 is 2.52 bits per heavy atom. The first-order chi connectivity index (χ1) is 15.2. The van der Waals surface area contributed by atoms with Gasteiger partial charge in [0.25, 0.3) is 0 Å². The molecule has 1 aliphatic heterocycles. The van der Waals surface area contributed by atoms with E-state index in [-0.39, 0.29) is 12.0 Å². The fraction of sp³-hybridized carbons (Fsp3) is 0.240. The van der Waals surface area contributed by atoms with Crippen LogP contribution in [0.4, 0.5) is 0 Å². The van der Waals surface area contributed by atoms with Gasteiger partial charge in [-0.25, -0.2) is 0 Å². The van der Waals surface area contributed by atoms with E-state index in [0.717, 1.165) is 11.1 Å². The number of hydrogen-bond acceptors (Lipinski definition) is 5. The lowest BCUT2D eigenvalue weighted by Crippen LogP contribution is -2.43. The van der Waals surface area contributed by atoms with Crippen LogP contribution in [0.15, 0.2) is 78.9 Å². The van der Waals surface area contributed by atoms with Gasteiger partial charge < -0.3 is 19.5 Å². The molecule has 0 saturated carbocycles. The lowest BCUT2D eigenvalue weighted by atomic mass is 10.1. The highest BCUT2D eigenvalue weighted by atomic mass is 16.6. The standard InChI is InChI=1S/C25H26N2O4/c1-26-25(28)24(19-10-6-3-7-11-19)27-15-21-17-30-22-13-12-20(14-23(22)31-21)29-16-18-8-4-2-5-9-18/h2-14,21,24,27H,15-17H2,1H3,(H,26,28). The van der Waals surface area contributed by atoms with Crippen LogP contribution in [-0.2, 0) is 11.4 Å². The van der Waals surface area contributed by atoms with Crippen LogP contribution in [-0.4, -0.2) is 32.2 Å². The van der Waals surface area contributed by atoms with Gasteiger partial charge in [0, 0.05) is 19.7 Å². The van der Waals surface area contributed by atoms with Gasteiger partial charge in [0.15, 0.2) is 11.5 Å². The van der Waals surface area contributed by atoms with E-state index in [4.69, 9.17) is 14.2 Å². The fourth-order valence-corrected chi connectivity index (χ4v) is 3.43. The number of carbonyl (C=O) groups is 1. The van der Waals surface area contributed by atoms with Crippen molar-refractivity contribution in [3.05, 3.63) is 90.0 Å². The van der Waals surface area contributed by atoms with Crippen molar-refractivity contribution in [1.29, 1.82) is 0 Å². The van der Waals surface area contributed by atoms with Gasteiger partial charge in [0.1, 0.15) is 31.1 Å². The first kappa shape index (κ1) is 20.8. The molecule has 6 heteroatoms. The second kappa shape index (κ2) is 10.00. The van der Waals surface area contributed by atoms with Gasteiger partial charge in [0.05, 0.1) is 0 Å². The minimum Gasteiger partial charge on any atom is -0.489 e. The molecule has 2 unspecified atom stereocenters. The number of hydrogen-bond donors (Lipinski definition) is 2.